The van der Waals surface area contributed by atoms with Crippen molar-refractivity contribution >= 4 is 11.9 Å². The van der Waals surface area contributed by atoms with Crippen LogP contribution in [0.3, 0.4) is 0 Å². The molecule has 2 aromatic carbocycles. The number of nitrogens with one attached hydrogen (secondary N) is 3. The minimum absolute atomic E-state index is 0.0437. The molecular formula is C21H28N4O. The quantitative estimate of drug-likeness (QED) is 0.504. The maximum atomic E-state index is 12.0. The van der Waals surface area contributed by atoms with E-state index in [1.54, 1.807) is 7.05 Å². The van der Waals surface area contributed by atoms with E-state index >= 15 is 0 Å². The zero-order valence-corrected chi connectivity index (χ0v) is 15.6. The van der Waals surface area contributed by atoms with E-state index in [4.69, 9.17) is 0 Å². The maximum absolute atomic E-state index is 12.0. The second kappa shape index (κ2) is 10.9. The number of hydrogen-bond donors (Lipinski definition) is 3. The SMILES string of the molecule is CCc1ccccc1CNC(=NC)NCC(=O)NCCc1ccccc1. The van der Waals surface area contributed by atoms with Crippen LogP contribution in [0.4, 0.5) is 0 Å². The number of benzene rings is 2. The van der Waals surface area contributed by atoms with Gasteiger partial charge in [0.25, 0.3) is 0 Å². The lowest BCUT2D eigenvalue weighted by Crippen LogP contribution is -2.43. The normalized spacial score (nSPS) is 11.1. The van der Waals surface area contributed by atoms with Crippen LogP contribution in [0.25, 0.3) is 0 Å². The van der Waals surface area contributed by atoms with Gasteiger partial charge in [-0.2, -0.15) is 0 Å². The summed E-state index contributed by atoms with van der Waals surface area (Å²) in [4.78, 5) is 16.1. The van der Waals surface area contributed by atoms with Crippen molar-refractivity contribution in [3.05, 3.63) is 71.3 Å². The Hall–Kier alpha value is -2.82. The first-order valence-electron chi connectivity index (χ1n) is 9.04. The highest BCUT2D eigenvalue weighted by Crippen LogP contribution is 2.08. The summed E-state index contributed by atoms with van der Waals surface area (Å²) in [6.07, 6.45) is 1.82. The van der Waals surface area contributed by atoms with Crippen molar-refractivity contribution in [2.24, 2.45) is 4.99 Å². The van der Waals surface area contributed by atoms with Crippen LogP contribution >= 0.6 is 0 Å². The molecule has 0 aliphatic carbocycles. The lowest BCUT2D eigenvalue weighted by atomic mass is 10.1. The second-order valence-electron chi connectivity index (χ2n) is 5.99. The van der Waals surface area contributed by atoms with Crippen LogP contribution in [0.5, 0.6) is 0 Å². The standard InChI is InChI=1S/C21H28N4O/c1-3-18-11-7-8-12-19(18)15-24-21(22-2)25-16-20(26)23-14-13-17-9-5-4-6-10-17/h4-12H,3,13-16H2,1-2H3,(H,23,26)(H2,22,24,25). The zero-order chi connectivity index (χ0) is 18.6. The number of carbonyl (C=O) groups excluding carboxylic acids is 1. The van der Waals surface area contributed by atoms with Gasteiger partial charge in [-0.05, 0) is 29.5 Å². The number of amides is 1. The smallest absolute Gasteiger partial charge is 0.239 e. The van der Waals surface area contributed by atoms with E-state index in [1.165, 1.54) is 16.7 Å². The van der Waals surface area contributed by atoms with Gasteiger partial charge in [-0.15, -0.1) is 0 Å². The molecule has 0 radical (unpaired) electrons. The third-order valence-corrected chi connectivity index (χ3v) is 4.16. The minimum atomic E-state index is -0.0437. The van der Waals surface area contributed by atoms with Gasteiger partial charge < -0.3 is 16.0 Å². The first-order valence-corrected chi connectivity index (χ1v) is 9.04. The molecule has 0 fully saturated rings. The number of aryl methyl sites for hydroxylation is 1. The van der Waals surface area contributed by atoms with Gasteiger partial charge in [0.1, 0.15) is 0 Å². The molecule has 2 aromatic rings. The largest absolute Gasteiger partial charge is 0.354 e. The van der Waals surface area contributed by atoms with Crippen molar-refractivity contribution in [1.82, 2.24) is 16.0 Å². The maximum Gasteiger partial charge on any atom is 0.239 e. The van der Waals surface area contributed by atoms with Gasteiger partial charge in [-0.3, -0.25) is 9.79 Å². The van der Waals surface area contributed by atoms with Crippen LogP contribution in [0.15, 0.2) is 59.6 Å². The molecule has 1 amide bonds. The Morgan fingerprint density at radius 2 is 1.62 bits per heavy atom. The molecular weight excluding hydrogens is 324 g/mol. The fourth-order valence-electron chi connectivity index (χ4n) is 2.69. The number of guanidine groups is 1. The average Bonchev–Trinajstić information content (AvgIpc) is 2.69. The summed E-state index contributed by atoms with van der Waals surface area (Å²) in [5.74, 6) is 0.576. The molecule has 0 aliphatic rings. The Bertz CT molecular complexity index is 713. The van der Waals surface area contributed by atoms with Crippen LogP contribution in [-0.2, 0) is 24.2 Å². The number of aliphatic imine (C=N–C) groups is 1. The first-order chi connectivity index (χ1) is 12.7. The molecule has 0 saturated carbocycles. The van der Waals surface area contributed by atoms with Gasteiger partial charge in [0.2, 0.25) is 5.91 Å². The van der Waals surface area contributed by atoms with Crippen LogP contribution in [0.2, 0.25) is 0 Å². The van der Waals surface area contributed by atoms with Crippen LogP contribution in [-0.4, -0.2) is 32.0 Å². The van der Waals surface area contributed by atoms with E-state index in [-0.39, 0.29) is 12.5 Å². The molecule has 5 nitrogen and oxygen atoms in total. The predicted molar refractivity (Wildman–Crippen MR) is 107 cm³/mol. The Morgan fingerprint density at radius 1 is 0.923 bits per heavy atom. The van der Waals surface area contributed by atoms with Crippen molar-refractivity contribution in [3.63, 3.8) is 0 Å². The minimum Gasteiger partial charge on any atom is -0.354 e. The molecule has 0 spiro atoms. The van der Waals surface area contributed by atoms with E-state index in [0.717, 1.165) is 12.8 Å². The van der Waals surface area contributed by atoms with Gasteiger partial charge >= 0.3 is 0 Å². The fraction of sp³-hybridized carbons (Fsp3) is 0.333. The van der Waals surface area contributed by atoms with E-state index < -0.39 is 0 Å². The predicted octanol–water partition coefficient (Wildman–Crippen LogP) is 2.27. The summed E-state index contributed by atoms with van der Waals surface area (Å²) in [7, 11) is 1.70. The summed E-state index contributed by atoms with van der Waals surface area (Å²) in [5.41, 5.74) is 3.77. The molecule has 5 heteroatoms. The lowest BCUT2D eigenvalue weighted by Gasteiger charge is -2.14. The van der Waals surface area contributed by atoms with Gasteiger partial charge in [-0.25, -0.2) is 0 Å². The van der Waals surface area contributed by atoms with Gasteiger partial charge in [0.15, 0.2) is 5.96 Å². The molecule has 0 aromatic heterocycles. The molecule has 3 N–H and O–H groups in total. The second-order valence-corrected chi connectivity index (χ2v) is 5.99. The molecule has 0 saturated heterocycles. The topological polar surface area (TPSA) is 65.5 Å². The number of carbonyl (C=O) groups is 1. The highest BCUT2D eigenvalue weighted by atomic mass is 16.1. The van der Waals surface area contributed by atoms with Crippen molar-refractivity contribution in [2.45, 2.75) is 26.3 Å². The highest BCUT2D eigenvalue weighted by molar-refractivity contribution is 5.86. The molecule has 2 rings (SSSR count). The molecule has 0 bridgehead atoms. The van der Waals surface area contributed by atoms with E-state index in [2.05, 4.69) is 58.2 Å². The summed E-state index contributed by atoms with van der Waals surface area (Å²) in [6, 6.07) is 18.4. The van der Waals surface area contributed by atoms with Crippen molar-refractivity contribution in [3.8, 4) is 0 Å². The monoisotopic (exact) mass is 352 g/mol. The van der Waals surface area contributed by atoms with Crippen LogP contribution in [0, 0.1) is 0 Å². The molecule has 26 heavy (non-hydrogen) atoms. The Balaban J connectivity index is 1.70. The molecule has 0 unspecified atom stereocenters. The zero-order valence-electron chi connectivity index (χ0n) is 15.6. The third kappa shape index (κ3) is 6.59. The van der Waals surface area contributed by atoms with Gasteiger partial charge in [0, 0.05) is 20.1 Å². The summed E-state index contributed by atoms with van der Waals surface area (Å²) >= 11 is 0. The Labute approximate surface area is 155 Å². The van der Waals surface area contributed by atoms with Crippen molar-refractivity contribution in [2.75, 3.05) is 20.1 Å². The van der Waals surface area contributed by atoms with E-state index in [0.29, 0.717) is 19.0 Å². The molecule has 0 heterocycles. The van der Waals surface area contributed by atoms with Gasteiger partial charge in [0.05, 0.1) is 6.54 Å². The number of rotatable bonds is 8. The van der Waals surface area contributed by atoms with Crippen molar-refractivity contribution < 1.29 is 4.79 Å². The summed E-state index contributed by atoms with van der Waals surface area (Å²) < 4.78 is 0. The third-order valence-electron chi connectivity index (χ3n) is 4.16. The Kier molecular flexibility index (Phi) is 8.19. The first kappa shape index (κ1) is 19.5. The molecule has 138 valence electrons. The van der Waals surface area contributed by atoms with E-state index in [1.807, 2.05) is 24.3 Å². The van der Waals surface area contributed by atoms with Crippen molar-refractivity contribution in [1.29, 1.82) is 0 Å². The lowest BCUT2D eigenvalue weighted by molar-refractivity contribution is -0.119. The number of hydrogen-bond acceptors (Lipinski definition) is 2. The molecule has 0 aliphatic heterocycles. The summed E-state index contributed by atoms with van der Waals surface area (Å²) in [5, 5.41) is 9.23. The van der Waals surface area contributed by atoms with E-state index in [9.17, 15) is 4.79 Å². The van der Waals surface area contributed by atoms with Crippen LogP contribution in [0.1, 0.15) is 23.6 Å². The molecule has 0 atom stereocenters. The fourth-order valence-corrected chi connectivity index (χ4v) is 2.69. The average molecular weight is 352 g/mol. The highest BCUT2D eigenvalue weighted by Gasteiger charge is 2.05. The van der Waals surface area contributed by atoms with Crippen LogP contribution < -0.4 is 16.0 Å². The van der Waals surface area contributed by atoms with Gasteiger partial charge in [-0.1, -0.05) is 61.5 Å². The summed E-state index contributed by atoms with van der Waals surface area (Å²) in [6.45, 7) is 3.65. The number of nitrogens with zero attached hydrogens (tertiary/aromatic N) is 1. The Morgan fingerprint density at radius 3 is 2.31 bits per heavy atom.